The minimum Gasteiger partial charge on any atom is -0.383 e. The highest BCUT2D eigenvalue weighted by Gasteiger charge is 2.15. The van der Waals surface area contributed by atoms with Crippen molar-refractivity contribution in [1.82, 2.24) is 10.2 Å². The van der Waals surface area contributed by atoms with Crippen LogP contribution in [0.4, 0.5) is 4.79 Å². The summed E-state index contributed by atoms with van der Waals surface area (Å²) >= 11 is 1.48. The van der Waals surface area contributed by atoms with Crippen LogP contribution in [0.1, 0.15) is 32.1 Å². The van der Waals surface area contributed by atoms with Crippen LogP contribution in [0.5, 0.6) is 0 Å². The van der Waals surface area contributed by atoms with Gasteiger partial charge in [0.1, 0.15) is 5.04 Å². The second-order valence-electron chi connectivity index (χ2n) is 4.72. The van der Waals surface area contributed by atoms with Crippen molar-refractivity contribution < 1.29 is 4.79 Å². The second-order valence-corrected chi connectivity index (χ2v) is 5.54. The van der Waals surface area contributed by atoms with Crippen LogP contribution in [0.3, 0.4) is 0 Å². The topological polar surface area (TPSA) is 44.7 Å². The summed E-state index contributed by atoms with van der Waals surface area (Å²) < 4.78 is 0. The molecule has 0 bridgehead atoms. The van der Waals surface area contributed by atoms with Crippen molar-refractivity contribution in [2.45, 2.75) is 38.1 Å². The average molecular weight is 269 g/mol. The average Bonchev–Trinajstić information content (AvgIpc) is 2.35. The van der Waals surface area contributed by atoms with E-state index in [0.29, 0.717) is 6.04 Å². The highest BCUT2D eigenvalue weighted by atomic mass is 32.2. The van der Waals surface area contributed by atoms with Crippen molar-refractivity contribution in [3.05, 3.63) is 12.3 Å². The Labute approximate surface area is 114 Å². The summed E-state index contributed by atoms with van der Waals surface area (Å²) in [5.41, 5.74) is 0. The summed E-state index contributed by atoms with van der Waals surface area (Å²) in [6, 6.07) is 0.102. The number of carbonyl (C=O) groups excluding carboxylic acids is 1. The van der Waals surface area contributed by atoms with Crippen LogP contribution in [0.25, 0.3) is 0 Å². The Kier molecular flexibility index (Phi) is 6.86. The van der Waals surface area contributed by atoms with E-state index in [2.05, 4.69) is 10.3 Å². The van der Waals surface area contributed by atoms with Gasteiger partial charge in [0.2, 0.25) is 0 Å². The maximum Gasteiger partial charge on any atom is 0.342 e. The molecule has 0 aromatic heterocycles. The molecule has 18 heavy (non-hydrogen) atoms. The first-order valence-corrected chi connectivity index (χ1v) is 7.62. The third-order valence-electron chi connectivity index (χ3n) is 2.87. The van der Waals surface area contributed by atoms with Gasteiger partial charge in [-0.15, -0.1) is 11.8 Å². The molecule has 1 N–H and O–H groups in total. The van der Waals surface area contributed by atoms with Crippen LogP contribution < -0.4 is 5.32 Å². The molecule has 0 saturated heterocycles. The lowest BCUT2D eigenvalue weighted by Crippen LogP contribution is -2.34. The number of nitrogens with one attached hydrogen (secondary N) is 1. The van der Waals surface area contributed by atoms with Gasteiger partial charge in [-0.1, -0.05) is 19.3 Å². The Morgan fingerprint density at radius 3 is 2.56 bits per heavy atom. The van der Waals surface area contributed by atoms with Gasteiger partial charge in [0.25, 0.3) is 0 Å². The van der Waals surface area contributed by atoms with Gasteiger partial charge in [-0.05, 0) is 25.2 Å². The monoisotopic (exact) mass is 269 g/mol. The van der Waals surface area contributed by atoms with Crippen LogP contribution >= 0.6 is 11.8 Å². The molecule has 0 radical (unpaired) electrons. The largest absolute Gasteiger partial charge is 0.383 e. The molecule has 0 unspecified atom stereocenters. The summed E-state index contributed by atoms with van der Waals surface area (Å²) in [5.74, 6) is 0. The zero-order valence-electron chi connectivity index (χ0n) is 11.5. The van der Waals surface area contributed by atoms with E-state index in [-0.39, 0.29) is 6.03 Å². The zero-order valence-corrected chi connectivity index (χ0v) is 12.3. The van der Waals surface area contributed by atoms with Gasteiger partial charge in [-0.2, -0.15) is 4.99 Å². The molecular formula is C13H23N3OS. The fraction of sp³-hybridized carbons (Fsp3) is 0.692. The molecule has 4 nitrogen and oxygen atoms in total. The number of urea groups is 1. The minimum atomic E-state index is -0.213. The lowest BCUT2D eigenvalue weighted by Gasteiger charge is -2.21. The van der Waals surface area contributed by atoms with Crippen LogP contribution in [-0.2, 0) is 0 Å². The lowest BCUT2D eigenvalue weighted by molar-refractivity contribution is 0.241. The van der Waals surface area contributed by atoms with Gasteiger partial charge in [0, 0.05) is 26.3 Å². The van der Waals surface area contributed by atoms with Crippen molar-refractivity contribution in [3.63, 3.8) is 0 Å². The van der Waals surface area contributed by atoms with E-state index >= 15 is 0 Å². The number of hydrogen-bond acceptors (Lipinski definition) is 3. The molecule has 1 rings (SSSR count). The van der Waals surface area contributed by atoms with E-state index in [4.69, 9.17) is 0 Å². The normalized spacial score (nSPS) is 18.1. The first kappa shape index (κ1) is 15.1. The first-order chi connectivity index (χ1) is 8.61. The van der Waals surface area contributed by atoms with Crippen molar-refractivity contribution in [2.75, 3.05) is 20.4 Å². The Balaban J connectivity index is 2.48. The molecule has 102 valence electrons. The number of thioether (sulfide) groups is 1. The highest BCUT2D eigenvalue weighted by molar-refractivity contribution is 8.13. The van der Waals surface area contributed by atoms with Crippen LogP contribution in [0, 0.1) is 0 Å². The van der Waals surface area contributed by atoms with Crippen molar-refractivity contribution >= 4 is 22.8 Å². The number of aliphatic imine (C=N–C) groups is 1. The maximum atomic E-state index is 11.8. The maximum absolute atomic E-state index is 11.8. The molecule has 0 atom stereocenters. The third kappa shape index (κ3) is 6.10. The number of carbonyl (C=O) groups is 1. The number of hydrogen-bond donors (Lipinski definition) is 1. The highest BCUT2D eigenvalue weighted by Crippen LogP contribution is 2.17. The first-order valence-electron chi connectivity index (χ1n) is 6.39. The van der Waals surface area contributed by atoms with Gasteiger partial charge in [-0.3, -0.25) is 0 Å². The second kappa shape index (κ2) is 8.19. The van der Waals surface area contributed by atoms with Crippen LogP contribution in [-0.4, -0.2) is 42.4 Å². The summed E-state index contributed by atoms with van der Waals surface area (Å²) in [5, 5.41) is 3.72. The van der Waals surface area contributed by atoms with Gasteiger partial charge in [0.15, 0.2) is 0 Å². The number of nitrogens with zero attached hydrogens (tertiary/aromatic N) is 2. The molecule has 0 heterocycles. The summed E-state index contributed by atoms with van der Waals surface area (Å²) in [7, 11) is 3.88. The molecule has 1 aliphatic rings. The third-order valence-corrected chi connectivity index (χ3v) is 3.51. The van der Waals surface area contributed by atoms with Crippen LogP contribution in [0.2, 0.25) is 0 Å². The van der Waals surface area contributed by atoms with E-state index in [1.54, 1.807) is 0 Å². The van der Waals surface area contributed by atoms with E-state index in [0.717, 1.165) is 17.9 Å². The molecule has 0 spiro atoms. The smallest absolute Gasteiger partial charge is 0.342 e. The predicted octanol–water partition coefficient (Wildman–Crippen LogP) is 2.87. The van der Waals surface area contributed by atoms with Crippen molar-refractivity contribution in [3.8, 4) is 0 Å². The Morgan fingerprint density at radius 1 is 1.33 bits per heavy atom. The molecule has 1 aliphatic carbocycles. The van der Waals surface area contributed by atoms with E-state index < -0.39 is 0 Å². The Bertz CT molecular complexity index is 320. The zero-order chi connectivity index (χ0) is 13.4. The Hall–Kier alpha value is -0.970. The molecule has 1 fully saturated rings. The molecule has 2 amide bonds. The van der Waals surface area contributed by atoms with Gasteiger partial charge >= 0.3 is 6.03 Å². The van der Waals surface area contributed by atoms with Crippen molar-refractivity contribution in [2.24, 2.45) is 4.99 Å². The van der Waals surface area contributed by atoms with Crippen molar-refractivity contribution in [1.29, 1.82) is 0 Å². The quantitative estimate of drug-likeness (QED) is 0.633. The fourth-order valence-corrected chi connectivity index (χ4v) is 2.29. The van der Waals surface area contributed by atoms with E-state index in [9.17, 15) is 4.79 Å². The summed E-state index contributed by atoms with van der Waals surface area (Å²) in [6.45, 7) is 0. The molecular weight excluding hydrogens is 246 g/mol. The summed E-state index contributed by atoms with van der Waals surface area (Å²) in [4.78, 5) is 17.8. The van der Waals surface area contributed by atoms with E-state index in [1.807, 2.05) is 37.5 Å². The SMILES string of the molecule is CSC(/C=C/N(C)C)=N/C(=O)NC1CCCCC1. The predicted molar refractivity (Wildman–Crippen MR) is 79.2 cm³/mol. The molecule has 0 aromatic rings. The number of amides is 2. The fourth-order valence-electron chi connectivity index (χ4n) is 1.92. The lowest BCUT2D eigenvalue weighted by atomic mass is 9.96. The Morgan fingerprint density at radius 2 is 2.00 bits per heavy atom. The standard InChI is InChI=1S/C13H23N3OS/c1-16(2)10-9-12(18-3)15-13(17)14-11-7-5-4-6-8-11/h9-11H,4-8H2,1-3H3,(H,14,17)/b10-9+,15-12+. The van der Waals surface area contributed by atoms with E-state index in [1.165, 1.54) is 31.0 Å². The van der Waals surface area contributed by atoms with Crippen LogP contribution in [0.15, 0.2) is 17.3 Å². The molecule has 0 aromatic carbocycles. The minimum absolute atomic E-state index is 0.213. The molecule has 1 saturated carbocycles. The van der Waals surface area contributed by atoms with Gasteiger partial charge in [-0.25, -0.2) is 4.79 Å². The molecule has 5 heteroatoms. The van der Waals surface area contributed by atoms with Gasteiger partial charge < -0.3 is 10.2 Å². The van der Waals surface area contributed by atoms with Gasteiger partial charge in [0.05, 0.1) is 0 Å². The number of rotatable bonds is 3. The molecule has 0 aliphatic heterocycles. The summed E-state index contributed by atoms with van der Waals surface area (Å²) in [6.07, 6.45) is 11.6.